The Labute approximate surface area is 222 Å². The van der Waals surface area contributed by atoms with E-state index in [2.05, 4.69) is 10.6 Å². The highest BCUT2D eigenvalue weighted by molar-refractivity contribution is 7.80. The van der Waals surface area contributed by atoms with Crippen molar-refractivity contribution in [3.05, 3.63) is 101 Å². The van der Waals surface area contributed by atoms with Crippen LogP contribution in [-0.4, -0.2) is 16.0 Å². The number of thiazole rings is 1. The molecule has 178 valence electrons. The molecule has 36 heavy (non-hydrogen) atoms. The number of anilines is 1. The molecule has 1 amide bonds. The number of nitrogens with zero attached hydrogens (tertiary/aromatic N) is 1. The lowest BCUT2D eigenvalue weighted by Gasteiger charge is -2.11. The predicted octanol–water partition coefficient (Wildman–Crippen LogP) is 7.71. The summed E-state index contributed by atoms with van der Waals surface area (Å²) in [6, 6.07) is 25.1. The normalized spacial score (nSPS) is 11.2. The largest absolute Gasteiger partial charge is 0.457 e. The van der Waals surface area contributed by atoms with Gasteiger partial charge in [-0.15, -0.1) is 11.3 Å². The van der Waals surface area contributed by atoms with Gasteiger partial charge in [-0.25, -0.2) is 4.98 Å². The number of carbonyl (C=O) groups is 1. The number of benzene rings is 3. The van der Waals surface area contributed by atoms with Crippen LogP contribution in [0.4, 0.5) is 5.69 Å². The van der Waals surface area contributed by atoms with Crippen molar-refractivity contribution in [1.29, 1.82) is 0 Å². The summed E-state index contributed by atoms with van der Waals surface area (Å²) in [5.41, 5.74) is 4.48. The molecule has 5 aromatic rings. The van der Waals surface area contributed by atoms with E-state index in [9.17, 15) is 4.79 Å². The molecule has 0 aliphatic carbocycles. The maximum atomic E-state index is 12.5. The Kier molecular flexibility index (Phi) is 6.95. The SMILES string of the molecule is Cc1ccc(-c2ccc(/C=C/C(=O)NC(=S)Nc3ccccc3-c3nc4ccccc4s3)o2)cc1Cl. The van der Waals surface area contributed by atoms with Gasteiger partial charge in [0.15, 0.2) is 5.11 Å². The van der Waals surface area contributed by atoms with Crippen molar-refractivity contribution >= 4 is 68.2 Å². The second-order valence-corrected chi connectivity index (χ2v) is 9.82. The highest BCUT2D eigenvalue weighted by atomic mass is 35.5. The maximum Gasteiger partial charge on any atom is 0.250 e. The first-order valence-electron chi connectivity index (χ1n) is 11.1. The first-order valence-corrected chi connectivity index (χ1v) is 12.7. The molecule has 0 atom stereocenters. The predicted molar refractivity (Wildman–Crippen MR) is 152 cm³/mol. The number of amides is 1. The third-order valence-corrected chi connectivity index (χ3v) is 7.10. The van der Waals surface area contributed by atoms with Crippen LogP contribution in [0.5, 0.6) is 0 Å². The van der Waals surface area contributed by atoms with E-state index in [4.69, 9.17) is 33.2 Å². The summed E-state index contributed by atoms with van der Waals surface area (Å²) < 4.78 is 6.93. The Morgan fingerprint density at radius 1 is 1.06 bits per heavy atom. The molecule has 0 unspecified atom stereocenters. The number of furan rings is 1. The van der Waals surface area contributed by atoms with Gasteiger partial charge in [0, 0.05) is 22.2 Å². The van der Waals surface area contributed by atoms with E-state index >= 15 is 0 Å². The monoisotopic (exact) mass is 529 g/mol. The number of nitrogens with one attached hydrogen (secondary N) is 2. The maximum absolute atomic E-state index is 12.5. The Morgan fingerprint density at radius 2 is 1.86 bits per heavy atom. The number of aryl methyl sites for hydroxylation is 1. The minimum absolute atomic E-state index is 0.188. The Hall–Kier alpha value is -3.78. The standard InChI is InChI=1S/C28H20ClN3O2S2/c1-17-10-11-18(16-21(17)29)24-14-12-19(34-24)13-15-26(33)32-28(35)31-22-7-3-2-6-20(22)27-30-23-8-4-5-9-25(23)36-27/h2-16H,1H3,(H2,31,32,33,35)/b15-13+. The highest BCUT2D eigenvalue weighted by Gasteiger charge is 2.12. The molecular weight excluding hydrogens is 510 g/mol. The fourth-order valence-corrected chi connectivity index (χ4v) is 4.97. The van der Waals surface area contributed by atoms with Crippen molar-refractivity contribution in [1.82, 2.24) is 10.3 Å². The van der Waals surface area contributed by atoms with E-state index in [1.54, 1.807) is 23.5 Å². The van der Waals surface area contributed by atoms with E-state index in [1.165, 1.54) is 6.08 Å². The molecule has 2 N–H and O–H groups in total. The number of hydrogen-bond acceptors (Lipinski definition) is 5. The highest BCUT2D eigenvalue weighted by Crippen LogP contribution is 2.34. The van der Waals surface area contributed by atoms with Gasteiger partial charge in [0.25, 0.3) is 0 Å². The molecule has 8 heteroatoms. The van der Waals surface area contributed by atoms with Crippen molar-refractivity contribution in [3.63, 3.8) is 0 Å². The second-order valence-electron chi connectivity index (χ2n) is 7.98. The molecule has 0 saturated carbocycles. The summed E-state index contributed by atoms with van der Waals surface area (Å²) in [4.78, 5) is 17.2. The second kappa shape index (κ2) is 10.5. The van der Waals surface area contributed by atoms with Crippen molar-refractivity contribution in [3.8, 4) is 21.9 Å². The average molecular weight is 530 g/mol. The molecule has 0 saturated heterocycles. The topological polar surface area (TPSA) is 67.2 Å². The smallest absolute Gasteiger partial charge is 0.250 e. The molecule has 0 aliphatic rings. The Bertz CT molecular complexity index is 1590. The van der Waals surface area contributed by atoms with Gasteiger partial charge in [-0.05, 0) is 73.2 Å². The molecule has 5 nitrogen and oxygen atoms in total. The molecule has 0 aliphatic heterocycles. The minimum Gasteiger partial charge on any atom is -0.457 e. The summed E-state index contributed by atoms with van der Waals surface area (Å²) in [5.74, 6) is 0.832. The number of aromatic nitrogens is 1. The van der Waals surface area contributed by atoms with Gasteiger partial charge >= 0.3 is 0 Å². The molecular formula is C28H20ClN3O2S2. The lowest BCUT2D eigenvalue weighted by atomic mass is 10.1. The minimum atomic E-state index is -0.374. The van der Waals surface area contributed by atoms with Crippen LogP contribution < -0.4 is 10.6 Å². The van der Waals surface area contributed by atoms with Gasteiger partial charge in [0.2, 0.25) is 5.91 Å². The van der Waals surface area contributed by atoms with Crippen molar-refractivity contribution in [2.75, 3.05) is 5.32 Å². The lowest BCUT2D eigenvalue weighted by molar-refractivity contribution is -0.115. The molecule has 0 fully saturated rings. The van der Waals surface area contributed by atoms with Crippen LogP contribution in [0.25, 0.3) is 38.2 Å². The van der Waals surface area contributed by atoms with E-state index < -0.39 is 0 Å². The fourth-order valence-electron chi connectivity index (χ4n) is 3.57. The molecule has 0 spiro atoms. The molecule has 0 bridgehead atoms. The fraction of sp³-hybridized carbons (Fsp3) is 0.0357. The van der Waals surface area contributed by atoms with Gasteiger partial charge in [-0.3, -0.25) is 10.1 Å². The van der Waals surface area contributed by atoms with Crippen molar-refractivity contribution in [2.45, 2.75) is 6.92 Å². The number of fused-ring (bicyclic) bond motifs is 1. The van der Waals surface area contributed by atoms with Crippen molar-refractivity contribution in [2.24, 2.45) is 0 Å². The molecule has 2 aromatic heterocycles. The van der Waals surface area contributed by atoms with Crippen LogP contribution in [-0.2, 0) is 4.79 Å². The number of hydrogen-bond donors (Lipinski definition) is 2. The number of para-hydroxylation sites is 2. The van der Waals surface area contributed by atoms with Crippen LogP contribution in [0.1, 0.15) is 11.3 Å². The molecule has 2 heterocycles. The van der Waals surface area contributed by atoms with Gasteiger partial charge in [0.05, 0.1) is 15.9 Å². The van der Waals surface area contributed by atoms with Crippen LogP contribution in [0.15, 0.2) is 89.4 Å². The first-order chi connectivity index (χ1) is 17.5. The van der Waals surface area contributed by atoms with Gasteiger partial charge in [0.1, 0.15) is 16.5 Å². The van der Waals surface area contributed by atoms with Crippen LogP contribution in [0, 0.1) is 6.92 Å². The zero-order valence-electron chi connectivity index (χ0n) is 19.1. The zero-order chi connectivity index (χ0) is 25.1. The van der Waals surface area contributed by atoms with E-state index in [0.29, 0.717) is 16.5 Å². The van der Waals surface area contributed by atoms with Gasteiger partial charge in [-0.2, -0.15) is 0 Å². The summed E-state index contributed by atoms with van der Waals surface area (Å²) in [6.07, 6.45) is 2.96. The number of thiocarbonyl (C=S) groups is 1. The van der Waals surface area contributed by atoms with Crippen LogP contribution in [0.2, 0.25) is 5.02 Å². The molecule has 5 rings (SSSR count). The number of rotatable bonds is 5. The van der Waals surface area contributed by atoms with Gasteiger partial charge in [-0.1, -0.05) is 48.0 Å². The van der Waals surface area contributed by atoms with E-state index in [1.807, 2.05) is 79.7 Å². The van der Waals surface area contributed by atoms with E-state index in [-0.39, 0.29) is 11.0 Å². The Morgan fingerprint density at radius 3 is 2.69 bits per heavy atom. The summed E-state index contributed by atoms with van der Waals surface area (Å²) in [7, 11) is 0. The van der Waals surface area contributed by atoms with Crippen LogP contribution >= 0.6 is 35.2 Å². The number of carbonyl (C=O) groups excluding carboxylic acids is 1. The molecule has 0 radical (unpaired) electrons. The zero-order valence-corrected chi connectivity index (χ0v) is 21.5. The Balaban J connectivity index is 1.24. The summed E-state index contributed by atoms with van der Waals surface area (Å²) >= 11 is 13.2. The number of halogens is 1. The van der Waals surface area contributed by atoms with Crippen molar-refractivity contribution < 1.29 is 9.21 Å². The summed E-state index contributed by atoms with van der Waals surface area (Å²) in [6.45, 7) is 1.94. The summed E-state index contributed by atoms with van der Waals surface area (Å²) in [5, 5.41) is 7.52. The van der Waals surface area contributed by atoms with E-state index in [0.717, 1.165) is 37.6 Å². The van der Waals surface area contributed by atoms with Crippen LogP contribution in [0.3, 0.4) is 0 Å². The van der Waals surface area contributed by atoms with Gasteiger partial charge < -0.3 is 9.73 Å². The molecule has 3 aromatic carbocycles. The quantitative estimate of drug-likeness (QED) is 0.180. The first kappa shape index (κ1) is 23.9. The third kappa shape index (κ3) is 5.39. The lowest BCUT2D eigenvalue weighted by Crippen LogP contribution is -2.32. The average Bonchev–Trinajstić information content (AvgIpc) is 3.52. The third-order valence-electron chi connectivity index (χ3n) is 5.42.